The minimum atomic E-state index is 0. The number of halogens is 1. The van der Waals surface area contributed by atoms with Crippen molar-refractivity contribution in [3.63, 3.8) is 0 Å². The molecule has 8 saturated carbocycles. The van der Waals surface area contributed by atoms with Crippen molar-refractivity contribution < 1.29 is 52.8 Å². The molecule has 8 fully saturated rings. The van der Waals surface area contributed by atoms with E-state index in [1.165, 1.54) is 146 Å². The number of nitrogens with one attached hydrogen (secondary N) is 1. The second-order valence-electron chi connectivity index (χ2n) is 30.7. The molecular formula is C104H102BrKN2. The molecule has 0 aliphatic heterocycles. The van der Waals surface area contributed by atoms with E-state index < -0.39 is 0 Å². The Kier molecular flexibility index (Phi) is 24.6. The van der Waals surface area contributed by atoms with Crippen molar-refractivity contribution in [3.05, 3.63) is 355 Å². The standard InChI is InChI=1S/C50H43N.C28H21N.C22H23Br.C2H6.2CH4.K.H/c1-2-8-36(9-3-1)37-16-22-45(23-17-37)51(47-26-20-40(21-27-47)49-15-7-11-39-10-4-5-14-48(39)49)46-24-18-38(19-25-46)41-12-6-13-42(33-41)50-43-29-34-28-35(31-43)32-44(50)30-34;1-2-7-21(8-3-1)22-13-17-25(18-14-22)29-26-19-15-24(16-20-26)28-12-6-10-23-9-4-5-11-27(23)28;23-21-6-4-16(5-7-21)17-2-1-3-18(13-17)22-19-9-14-8-15(11-19)12-20(22)10-14;1-2;;;;/h1-27,33-35,43-44,50H,28-32H2;1-20,29H;1-7,13-15,19-20,22H,8-12H2;1-2H3;2*1H4;;/q;;;;;;+1;-1. The number of anilines is 5. The first-order chi connectivity index (χ1) is 51.9. The zero-order valence-electron chi connectivity index (χ0n) is 62.5. The van der Waals surface area contributed by atoms with Crippen LogP contribution in [0, 0.1) is 47.3 Å². The zero-order valence-corrected chi connectivity index (χ0v) is 66.2. The van der Waals surface area contributed by atoms with Crippen LogP contribution in [0.15, 0.2) is 344 Å². The molecule has 0 unspecified atom stereocenters. The number of hydrogen-bond acceptors (Lipinski definition) is 2. The third-order valence-electron chi connectivity index (χ3n) is 24.4. The maximum absolute atomic E-state index is 3.54. The Labute approximate surface area is 696 Å². The first-order valence-electron chi connectivity index (χ1n) is 39.0. The van der Waals surface area contributed by atoms with Gasteiger partial charge in [-0.05, 0) is 296 Å². The predicted octanol–water partition coefficient (Wildman–Crippen LogP) is 27.8. The van der Waals surface area contributed by atoms with E-state index >= 15 is 0 Å². The Morgan fingerprint density at radius 2 is 0.556 bits per heavy atom. The maximum atomic E-state index is 3.54. The van der Waals surface area contributed by atoms with Crippen LogP contribution < -0.4 is 61.6 Å². The van der Waals surface area contributed by atoms with E-state index in [9.17, 15) is 0 Å². The van der Waals surface area contributed by atoms with E-state index in [1.54, 1.807) is 17.5 Å². The average Bonchev–Trinajstić information content (AvgIpc) is 0.753. The number of fused-ring (bicyclic) bond motifs is 2. The average molecular weight is 1500 g/mol. The van der Waals surface area contributed by atoms with Crippen molar-refractivity contribution >= 4 is 65.9 Å². The van der Waals surface area contributed by atoms with Gasteiger partial charge in [-0.15, -0.1) is 0 Å². The molecular weight excluding hydrogens is 1400 g/mol. The molecule has 8 bridgehead atoms. The molecule has 4 heteroatoms. The quantitative estimate of drug-likeness (QED) is 0.116. The molecule has 0 atom stereocenters. The number of benzene rings is 14. The van der Waals surface area contributed by atoms with Crippen LogP contribution in [0.1, 0.15) is 117 Å². The Morgan fingerprint density at radius 1 is 0.278 bits per heavy atom. The van der Waals surface area contributed by atoms with Gasteiger partial charge < -0.3 is 11.6 Å². The SMILES string of the molecule is Brc1ccc(-c2cccc(C3C4CC5CC(C4)CC3C5)c2)cc1.C.C.CC.[H-].[K+].c1ccc(-c2ccc(N(c3ccc(-c4cccc(C5C6CC7CC(C6)CC5C7)c4)cc3)c3ccc(-c4cccc5ccccc45)cc3)cc2)cc1.c1ccc(-c2ccc(Nc3ccc(-c4cccc5ccccc45)cc3)cc2)cc1. The Hall–Kier alpha value is -8.68. The topological polar surface area (TPSA) is 15.3 Å². The molecule has 14 aromatic rings. The van der Waals surface area contributed by atoms with Crippen molar-refractivity contribution in [1.29, 1.82) is 0 Å². The molecule has 8 aliphatic carbocycles. The van der Waals surface area contributed by atoms with E-state index in [0.717, 1.165) is 92.1 Å². The fourth-order valence-corrected chi connectivity index (χ4v) is 20.4. The second-order valence-corrected chi connectivity index (χ2v) is 31.6. The summed E-state index contributed by atoms with van der Waals surface area (Å²) in [5, 5.41) is 8.60. The van der Waals surface area contributed by atoms with Crippen LogP contribution in [0.25, 0.3) is 88.3 Å². The van der Waals surface area contributed by atoms with Crippen LogP contribution >= 0.6 is 15.9 Å². The summed E-state index contributed by atoms with van der Waals surface area (Å²) >= 11 is 3.54. The van der Waals surface area contributed by atoms with Gasteiger partial charge in [0.15, 0.2) is 0 Å². The van der Waals surface area contributed by atoms with Crippen LogP contribution in [-0.2, 0) is 0 Å². The second kappa shape index (κ2) is 34.9. The normalized spacial score (nSPS) is 20.7. The van der Waals surface area contributed by atoms with Gasteiger partial charge in [0.05, 0.1) is 0 Å². The largest absolute Gasteiger partial charge is 1.00 e. The zero-order chi connectivity index (χ0) is 70.6. The van der Waals surface area contributed by atoms with Gasteiger partial charge in [-0.1, -0.05) is 312 Å². The molecule has 0 spiro atoms. The minimum absolute atomic E-state index is 0. The van der Waals surface area contributed by atoms with Gasteiger partial charge in [0, 0.05) is 32.9 Å². The van der Waals surface area contributed by atoms with Crippen molar-refractivity contribution in [2.75, 3.05) is 10.2 Å². The molecule has 108 heavy (non-hydrogen) atoms. The summed E-state index contributed by atoms with van der Waals surface area (Å²) in [6.07, 6.45) is 14.9. The van der Waals surface area contributed by atoms with Crippen LogP contribution in [0.5, 0.6) is 0 Å². The summed E-state index contributed by atoms with van der Waals surface area (Å²) in [6, 6.07) is 124. The van der Waals surface area contributed by atoms with E-state index in [2.05, 4.69) is 360 Å². The first-order valence-corrected chi connectivity index (χ1v) is 39.8. The van der Waals surface area contributed by atoms with Crippen LogP contribution in [0.4, 0.5) is 28.4 Å². The Morgan fingerprint density at radius 3 is 0.935 bits per heavy atom. The van der Waals surface area contributed by atoms with E-state index in [0.29, 0.717) is 0 Å². The molecule has 0 amide bonds. The summed E-state index contributed by atoms with van der Waals surface area (Å²) in [4.78, 5) is 2.39. The Bertz CT molecular complexity index is 5190. The van der Waals surface area contributed by atoms with Gasteiger partial charge in [-0.3, -0.25) is 0 Å². The molecule has 2 nitrogen and oxygen atoms in total. The Balaban J connectivity index is 0.000000153. The molecule has 1 N–H and O–H groups in total. The number of nitrogens with zero attached hydrogens (tertiary/aromatic N) is 1. The van der Waals surface area contributed by atoms with E-state index in [-0.39, 0.29) is 67.7 Å². The third kappa shape index (κ3) is 16.6. The third-order valence-corrected chi connectivity index (χ3v) is 24.9. The molecule has 0 aromatic heterocycles. The molecule has 0 radical (unpaired) electrons. The molecule has 22 rings (SSSR count). The molecule has 536 valence electrons. The van der Waals surface area contributed by atoms with Crippen LogP contribution in [0.2, 0.25) is 0 Å². The van der Waals surface area contributed by atoms with Crippen LogP contribution in [0.3, 0.4) is 0 Å². The van der Waals surface area contributed by atoms with Crippen molar-refractivity contribution in [1.82, 2.24) is 0 Å². The minimum Gasteiger partial charge on any atom is -1.00 e. The molecule has 14 aromatic carbocycles. The van der Waals surface area contributed by atoms with Gasteiger partial charge in [0.25, 0.3) is 0 Å². The number of hydrogen-bond donors (Lipinski definition) is 1. The summed E-state index contributed by atoms with van der Waals surface area (Å²) in [5.74, 6) is 9.43. The van der Waals surface area contributed by atoms with Gasteiger partial charge in [0.2, 0.25) is 0 Å². The maximum Gasteiger partial charge on any atom is 1.00 e. The summed E-state index contributed by atoms with van der Waals surface area (Å²) in [6.45, 7) is 4.00. The predicted molar refractivity (Wildman–Crippen MR) is 465 cm³/mol. The number of rotatable bonds is 13. The smallest absolute Gasteiger partial charge is 1.00 e. The summed E-state index contributed by atoms with van der Waals surface area (Å²) in [5.41, 5.74) is 24.0. The van der Waals surface area contributed by atoms with Crippen molar-refractivity contribution in [2.24, 2.45) is 47.3 Å². The van der Waals surface area contributed by atoms with E-state index in [4.69, 9.17) is 0 Å². The van der Waals surface area contributed by atoms with Crippen molar-refractivity contribution in [2.45, 2.75) is 105 Å². The van der Waals surface area contributed by atoms with Crippen LogP contribution in [-0.4, -0.2) is 0 Å². The fourth-order valence-electron chi connectivity index (χ4n) is 20.1. The van der Waals surface area contributed by atoms with Gasteiger partial charge in [-0.2, -0.15) is 0 Å². The fraction of sp³-hybridized carbons (Fsp3) is 0.231. The molecule has 0 saturated heterocycles. The summed E-state index contributed by atoms with van der Waals surface area (Å²) < 4.78 is 1.15. The first kappa shape index (κ1) is 76.1. The monoisotopic (exact) mass is 1500 g/mol. The van der Waals surface area contributed by atoms with E-state index in [1.807, 2.05) is 19.9 Å². The molecule has 0 heterocycles. The van der Waals surface area contributed by atoms with Gasteiger partial charge in [0.1, 0.15) is 0 Å². The summed E-state index contributed by atoms with van der Waals surface area (Å²) in [7, 11) is 0. The van der Waals surface area contributed by atoms with Crippen molar-refractivity contribution in [3.8, 4) is 66.8 Å². The van der Waals surface area contributed by atoms with Gasteiger partial charge >= 0.3 is 51.4 Å². The molecule has 8 aliphatic rings. The van der Waals surface area contributed by atoms with Gasteiger partial charge in [-0.25, -0.2) is 0 Å².